The van der Waals surface area contributed by atoms with E-state index in [1.807, 2.05) is 6.08 Å². The molecule has 0 radical (unpaired) electrons. The molecular formula is C21H28O2. The number of allylic oxidation sites excluding steroid dienone is 4. The van der Waals surface area contributed by atoms with Crippen LogP contribution in [0, 0.1) is 34.5 Å². The number of carbonyl (C=O) groups is 2. The lowest BCUT2D eigenvalue weighted by atomic mass is 9.48. The molecule has 2 fully saturated rings. The predicted octanol–water partition coefficient (Wildman–Crippen LogP) is 4.50. The summed E-state index contributed by atoms with van der Waals surface area (Å²) in [6.07, 6.45) is 12.9. The molecule has 0 bridgehead atoms. The molecule has 2 saturated carbocycles. The van der Waals surface area contributed by atoms with Gasteiger partial charge in [0.2, 0.25) is 0 Å². The standard InChI is InChI=1S/C21H28O2/c1-13(22)17-6-7-18-16-5-4-14-12-15(23)8-10-20(14,2)19(16)9-11-21(17,18)3/h4-5,12,16-19H,6-11H2,1-3H3/t16-,17-,18-,19-,20+,21+/m0/s1. The molecule has 0 amide bonds. The molecule has 0 saturated heterocycles. The molecular weight excluding hydrogens is 284 g/mol. The highest BCUT2D eigenvalue weighted by atomic mass is 16.1. The van der Waals surface area contributed by atoms with E-state index in [2.05, 4.69) is 26.0 Å². The summed E-state index contributed by atoms with van der Waals surface area (Å²) < 4.78 is 0. The van der Waals surface area contributed by atoms with Crippen molar-refractivity contribution in [3.63, 3.8) is 0 Å². The van der Waals surface area contributed by atoms with Gasteiger partial charge < -0.3 is 0 Å². The Morgan fingerprint density at radius 2 is 1.91 bits per heavy atom. The minimum absolute atomic E-state index is 0.170. The highest BCUT2D eigenvalue weighted by Crippen LogP contribution is 2.65. The molecule has 124 valence electrons. The lowest BCUT2D eigenvalue weighted by Crippen LogP contribution is -2.49. The second-order valence-electron chi connectivity index (χ2n) is 8.92. The zero-order valence-electron chi connectivity index (χ0n) is 14.6. The third-order valence-corrected chi connectivity index (χ3v) is 8.01. The summed E-state index contributed by atoms with van der Waals surface area (Å²) >= 11 is 0. The zero-order chi connectivity index (χ0) is 16.4. The van der Waals surface area contributed by atoms with Crippen LogP contribution in [0.15, 0.2) is 23.8 Å². The Hall–Kier alpha value is -1.18. The molecule has 4 aliphatic rings. The molecule has 0 aromatic carbocycles. The average Bonchev–Trinajstić information content (AvgIpc) is 2.85. The number of Topliss-reactive ketones (excluding diaryl/α,β-unsaturated/α-hetero) is 1. The topological polar surface area (TPSA) is 34.1 Å². The number of ketones is 2. The fourth-order valence-electron chi connectivity index (χ4n) is 6.66. The lowest BCUT2D eigenvalue weighted by molar-refractivity contribution is -0.127. The first-order valence-electron chi connectivity index (χ1n) is 9.30. The number of hydrogen-bond donors (Lipinski definition) is 0. The van der Waals surface area contributed by atoms with Crippen LogP contribution in [-0.2, 0) is 9.59 Å². The fourth-order valence-corrected chi connectivity index (χ4v) is 6.66. The maximum absolute atomic E-state index is 12.1. The maximum atomic E-state index is 12.1. The maximum Gasteiger partial charge on any atom is 0.156 e. The van der Waals surface area contributed by atoms with Gasteiger partial charge in [0.1, 0.15) is 5.78 Å². The highest BCUT2D eigenvalue weighted by Gasteiger charge is 2.58. The van der Waals surface area contributed by atoms with E-state index in [9.17, 15) is 9.59 Å². The lowest BCUT2D eigenvalue weighted by Gasteiger charge is -2.55. The summed E-state index contributed by atoms with van der Waals surface area (Å²) in [5.41, 5.74) is 1.63. The fraction of sp³-hybridized carbons (Fsp3) is 0.714. The first kappa shape index (κ1) is 15.4. The molecule has 0 aliphatic heterocycles. The van der Waals surface area contributed by atoms with Gasteiger partial charge in [-0.2, -0.15) is 0 Å². The smallest absolute Gasteiger partial charge is 0.156 e. The van der Waals surface area contributed by atoms with Crippen molar-refractivity contribution >= 4 is 11.6 Å². The Morgan fingerprint density at radius 3 is 2.65 bits per heavy atom. The number of fused-ring (bicyclic) bond motifs is 5. The second kappa shape index (κ2) is 4.91. The number of rotatable bonds is 1. The Morgan fingerprint density at radius 1 is 1.13 bits per heavy atom. The van der Waals surface area contributed by atoms with E-state index >= 15 is 0 Å². The van der Waals surface area contributed by atoms with Gasteiger partial charge in [0.15, 0.2) is 5.78 Å². The van der Waals surface area contributed by atoms with Gasteiger partial charge in [0, 0.05) is 12.3 Å². The molecule has 23 heavy (non-hydrogen) atoms. The molecule has 0 spiro atoms. The summed E-state index contributed by atoms with van der Waals surface area (Å²) in [5.74, 6) is 2.83. The van der Waals surface area contributed by atoms with Crippen LogP contribution >= 0.6 is 0 Å². The predicted molar refractivity (Wildman–Crippen MR) is 90.8 cm³/mol. The summed E-state index contributed by atoms with van der Waals surface area (Å²) in [4.78, 5) is 24.0. The third kappa shape index (κ3) is 1.99. The SMILES string of the molecule is CC(=O)[C@@H]1CC[C@H]2[C@@H]3C=CC4=CC(=O)CC[C@@]4(C)[C@H]3CC[C@]12C. The van der Waals surface area contributed by atoms with Gasteiger partial charge in [-0.25, -0.2) is 0 Å². The van der Waals surface area contributed by atoms with Crippen molar-refractivity contribution in [2.24, 2.45) is 34.5 Å². The van der Waals surface area contributed by atoms with Crippen LogP contribution in [0.1, 0.15) is 59.3 Å². The van der Waals surface area contributed by atoms with Gasteiger partial charge >= 0.3 is 0 Å². The third-order valence-electron chi connectivity index (χ3n) is 8.01. The number of hydrogen-bond acceptors (Lipinski definition) is 2. The van der Waals surface area contributed by atoms with Crippen LogP contribution in [-0.4, -0.2) is 11.6 Å². The van der Waals surface area contributed by atoms with Crippen molar-refractivity contribution < 1.29 is 9.59 Å². The minimum atomic E-state index is 0.170. The Balaban J connectivity index is 1.72. The minimum Gasteiger partial charge on any atom is -0.300 e. The first-order chi connectivity index (χ1) is 10.9. The number of carbonyl (C=O) groups excluding carboxylic acids is 2. The zero-order valence-corrected chi connectivity index (χ0v) is 14.6. The van der Waals surface area contributed by atoms with E-state index in [1.54, 1.807) is 6.92 Å². The average molecular weight is 312 g/mol. The summed E-state index contributed by atoms with van der Waals surface area (Å²) in [5, 5.41) is 0. The van der Waals surface area contributed by atoms with Gasteiger partial charge in [0.05, 0.1) is 0 Å². The van der Waals surface area contributed by atoms with Crippen molar-refractivity contribution in [3.8, 4) is 0 Å². The molecule has 0 heterocycles. The highest BCUT2D eigenvalue weighted by molar-refractivity contribution is 5.92. The van der Waals surface area contributed by atoms with Crippen LogP contribution in [0.4, 0.5) is 0 Å². The quantitative estimate of drug-likeness (QED) is 0.714. The monoisotopic (exact) mass is 312 g/mol. The molecule has 4 rings (SSSR count). The first-order valence-corrected chi connectivity index (χ1v) is 9.30. The van der Waals surface area contributed by atoms with Crippen LogP contribution < -0.4 is 0 Å². The van der Waals surface area contributed by atoms with Crippen molar-refractivity contribution in [1.29, 1.82) is 0 Å². The van der Waals surface area contributed by atoms with Crippen molar-refractivity contribution in [3.05, 3.63) is 23.8 Å². The molecule has 0 N–H and O–H groups in total. The van der Waals surface area contributed by atoms with Gasteiger partial charge in [-0.15, -0.1) is 0 Å². The molecule has 0 unspecified atom stereocenters. The molecule has 0 aromatic rings. The van der Waals surface area contributed by atoms with Crippen LogP contribution in [0.25, 0.3) is 0 Å². The summed E-state index contributed by atoms with van der Waals surface area (Å²) in [7, 11) is 0. The van der Waals surface area contributed by atoms with E-state index in [0.29, 0.717) is 35.7 Å². The van der Waals surface area contributed by atoms with E-state index in [-0.39, 0.29) is 16.7 Å². The van der Waals surface area contributed by atoms with E-state index in [1.165, 1.54) is 24.8 Å². The second-order valence-corrected chi connectivity index (χ2v) is 8.92. The van der Waals surface area contributed by atoms with Crippen LogP contribution in [0.5, 0.6) is 0 Å². The molecule has 2 heteroatoms. The normalized spacial score (nSPS) is 48.3. The van der Waals surface area contributed by atoms with E-state index in [4.69, 9.17) is 0 Å². The molecule has 6 atom stereocenters. The largest absolute Gasteiger partial charge is 0.300 e. The summed E-state index contributed by atoms with van der Waals surface area (Å²) in [6, 6.07) is 0. The molecule has 0 aromatic heterocycles. The van der Waals surface area contributed by atoms with Crippen molar-refractivity contribution in [2.45, 2.75) is 59.3 Å². The van der Waals surface area contributed by atoms with Crippen LogP contribution in [0.3, 0.4) is 0 Å². The van der Waals surface area contributed by atoms with Gasteiger partial charge in [-0.3, -0.25) is 9.59 Å². The molecule has 2 nitrogen and oxygen atoms in total. The molecule has 4 aliphatic carbocycles. The van der Waals surface area contributed by atoms with E-state index in [0.717, 1.165) is 12.8 Å². The van der Waals surface area contributed by atoms with E-state index < -0.39 is 0 Å². The van der Waals surface area contributed by atoms with Crippen molar-refractivity contribution in [1.82, 2.24) is 0 Å². The summed E-state index contributed by atoms with van der Waals surface area (Å²) in [6.45, 7) is 6.54. The Labute approximate surface area is 139 Å². The van der Waals surface area contributed by atoms with Gasteiger partial charge in [0.25, 0.3) is 0 Å². The van der Waals surface area contributed by atoms with Crippen LogP contribution in [0.2, 0.25) is 0 Å². The van der Waals surface area contributed by atoms with Gasteiger partial charge in [-0.1, -0.05) is 26.0 Å². The van der Waals surface area contributed by atoms with Crippen molar-refractivity contribution in [2.75, 3.05) is 0 Å². The Kier molecular flexibility index (Phi) is 3.28. The van der Waals surface area contributed by atoms with Gasteiger partial charge in [-0.05, 0) is 79.3 Å². The Bertz CT molecular complexity index is 628.